The molecule has 1 aliphatic heterocycles. The first kappa shape index (κ1) is 14.7. The predicted molar refractivity (Wildman–Crippen MR) is 62.2 cm³/mol. The first-order chi connectivity index (χ1) is 6.20. The number of allylic oxidation sites excluding steroid dienone is 1. The highest BCUT2D eigenvalue weighted by Gasteiger charge is 2.06. The van der Waals surface area contributed by atoms with Crippen molar-refractivity contribution in [3.63, 3.8) is 0 Å². The van der Waals surface area contributed by atoms with Crippen LogP contribution in [0.2, 0.25) is 0 Å². The molecule has 0 fully saturated rings. The van der Waals surface area contributed by atoms with Crippen molar-refractivity contribution in [1.29, 1.82) is 0 Å². The Morgan fingerprint density at radius 3 is 1.92 bits per heavy atom. The molecule has 1 unspecified atom stereocenters. The van der Waals surface area contributed by atoms with Gasteiger partial charge in [0.1, 0.15) is 0 Å². The molecule has 13 heavy (non-hydrogen) atoms. The van der Waals surface area contributed by atoms with E-state index in [9.17, 15) is 0 Å². The molecule has 78 valence electrons. The molecule has 1 atom stereocenters. The molecule has 0 amide bonds. The van der Waals surface area contributed by atoms with Crippen LogP contribution in [0.1, 0.15) is 48.5 Å². The smallest absolute Gasteiger partial charge is 0.0610 e. The quantitative estimate of drug-likeness (QED) is 0.613. The van der Waals surface area contributed by atoms with E-state index >= 15 is 0 Å². The standard InChI is InChI=1S/C7H12N2.2C2H6/c1-5-4-8-6(2)7(3)9-5;2*1-2/h4,6,8H,1-3H3;2*1-2H3. The molecule has 0 aromatic rings. The van der Waals surface area contributed by atoms with Gasteiger partial charge in [-0.2, -0.15) is 0 Å². The summed E-state index contributed by atoms with van der Waals surface area (Å²) in [6.07, 6.45) is 1.94. The predicted octanol–water partition coefficient (Wildman–Crippen LogP) is 3.35. The molecule has 0 aromatic heterocycles. The maximum atomic E-state index is 4.28. The second-order valence-corrected chi connectivity index (χ2v) is 2.43. The number of hydrogen-bond donors (Lipinski definition) is 1. The highest BCUT2D eigenvalue weighted by atomic mass is 15.0. The van der Waals surface area contributed by atoms with Gasteiger partial charge in [0.25, 0.3) is 0 Å². The Bertz CT molecular complexity index is 169. The topological polar surface area (TPSA) is 24.4 Å². The van der Waals surface area contributed by atoms with Crippen LogP contribution in [0.5, 0.6) is 0 Å². The van der Waals surface area contributed by atoms with Crippen molar-refractivity contribution < 1.29 is 0 Å². The van der Waals surface area contributed by atoms with E-state index in [2.05, 4.69) is 17.2 Å². The first-order valence-electron chi connectivity index (χ1n) is 5.18. The minimum absolute atomic E-state index is 0.411. The molecule has 0 aromatic carbocycles. The molecular weight excluding hydrogens is 160 g/mol. The zero-order valence-corrected chi connectivity index (χ0v) is 10.1. The average Bonchev–Trinajstić information content (AvgIpc) is 2.18. The highest BCUT2D eigenvalue weighted by molar-refractivity contribution is 5.88. The molecule has 1 heterocycles. The Morgan fingerprint density at radius 2 is 1.62 bits per heavy atom. The fourth-order valence-electron chi connectivity index (χ4n) is 0.773. The van der Waals surface area contributed by atoms with Crippen molar-refractivity contribution in [2.24, 2.45) is 4.99 Å². The Balaban J connectivity index is 0. The third-order valence-corrected chi connectivity index (χ3v) is 1.52. The molecule has 1 rings (SSSR count). The van der Waals surface area contributed by atoms with Crippen molar-refractivity contribution in [3.8, 4) is 0 Å². The number of nitrogens with one attached hydrogen (secondary N) is 1. The average molecular weight is 184 g/mol. The second kappa shape index (κ2) is 9.30. The van der Waals surface area contributed by atoms with Crippen LogP contribution >= 0.6 is 0 Å². The summed E-state index contributed by atoms with van der Waals surface area (Å²) in [6.45, 7) is 14.1. The largest absolute Gasteiger partial charge is 0.382 e. The van der Waals surface area contributed by atoms with Crippen LogP contribution in [-0.4, -0.2) is 11.8 Å². The lowest BCUT2D eigenvalue weighted by atomic mass is 10.2. The van der Waals surface area contributed by atoms with Crippen molar-refractivity contribution in [1.82, 2.24) is 5.32 Å². The molecule has 0 saturated carbocycles. The van der Waals surface area contributed by atoms with Gasteiger partial charge in [0, 0.05) is 11.9 Å². The molecule has 0 bridgehead atoms. The summed E-state index contributed by atoms with van der Waals surface area (Å²) in [5.74, 6) is 0. The van der Waals surface area contributed by atoms with Crippen LogP contribution < -0.4 is 5.32 Å². The summed E-state index contributed by atoms with van der Waals surface area (Å²) in [5.41, 5.74) is 2.22. The lowest BCUT2D eigenvalue weighted by Gasteiger charge is -2.16. The summed E-state index contributed by atoms with van der Waals surface area (Å²) in [4.78, 5) is 4.28. The van der Waals surface area contributed by atoms with Crippen molar-refractivity contribution in [2.75, 3.05) is 0 Å². The van der Waals surface area contributed by atoms with E-state index in [1.165, 1.54) is 0 Å². The number of nitrogens with zero attached hydrogens (tertiary/aromatic N) is 1. The molecule has 0 radical (unpaired) electrons. The molecule has 0 aliphatic carbocycles. The van der Waals surface area contributed by atoms with Gasteiger partial charge in [0.05, 0.1) is 11.7 Å². The zero-order valence-electron chi connectivity index (χ0n) is 10.1. The fourth-order valence-corrected chi connectivity index (χ4v) is 0.773. The van der Waals surface area contributed by atoms with Crippen LogP contribution in [0.15, 0.2) is 16.9 Å². The fraction of sp³-hybridized carbons (Fsp3) is 0.727. The Kier molecular flexibility index (Phi) is 10.5. The van der Waals surface area contributed by atoms with E-state index in [4.69, 9.17) is 0 Å². The monoisotopic (exact) mass is 184 g/mol. The SMILES string of the molecule is CC.CC.CC1=CNC(C)C(C)=N1. The van der Waals surface area contributed by atoms with Crippen LogP contribution in [0.3, 0.4) is 0 Å². The Morgan fingerprint density at radius 1 is 1.15 bits per heavy atom. The summed E-state index contributed by atoms with van der Waals surface area (Å²) in [7, 11) is 0. The van der Waals surface area contributed by atoms with Gasteiger partial charge in [0.15, 0.2) is 0 Å². The number of aliphatic imine (C=N–C) groups is 1. The van der Waals surface area contributed by atoms with E-state index in [1.54, 1.807) is 0 Å². The maximum Gasteiger partial charge on any atom is 0.0610 e. The minimum Gasteiger partial charge on any atom is -0.382 e. The Hall–Kier alpha value is -0.790. The van der Waals surface area contributed by atoms with Gasteiger partial charge in [-0.15, -0.1) is 0 Å². The van der Waals surface area contributed by atoms with E-state index in [1.807, 2.05) is 47.7 Å². The van der Waals surface area contributed by atoms with Crippen molar-refractivity contribution in [2.45, 2.75) is 54.5 Å². The highest BCUT2D eigenvalue weighted by Crippen LogP contribution is 2.02. The third kappa shape index (κ3) is 6.38. The van der Waals surface area contributed by atoms with Crippen molar-refractivity contribution >= 4 is 5.71 Å². The van der Waals surface area contributed by atoms with E-state index in [-0.39, 0.29) is 0 Å². The Labute approximate surface area is 83.2 Å². The van der Waals surface area contributed by atoms with E-state index in [0.717, 1.165) is 11.4 Å². The van der Waals surface area contributed by atoms with Gasteiger partial charge in [0.2, 0.25) is 0 Å². The lowest BCUT2D eigenvalue weighted by Crippen LogP contribution is -2.30. The number of hydrogen-bond acceptors (Lipinski definition) is 2. The van der Waals surface area contributed by atoms with Crippen LogP contribution in [0, 0.1) is 0 Å². The van der Waals surface area contributed by atoms with Crippen LogP contribution in [0.25, 0.3) is 0 Å². The van der Waals surface area contributed by atoms with Crippen molar-refractivity contribution in [3.05, 3.63) is 11.9 Å². The molecule has 2 heteroatoms. The van der Waals surface area contributed by atoms with Gasteiger partial charge in [-0.1, -0.05) is 27.7 Å². The summed E-state index contributed by atoms with van der Waals surface area (Å²) in [6, 6.07) is 0.411. The molecule has 0 spiro atoms. The third-order valence-electron chi connectivity index (χ3n) is 1.52. The normalized spacial score (nSPS) is 19.2. The molecule has 0 saturated heterocycles. The molecule has 1 aliphatic rings. The summed E-state index contributed by atoms with van der Waals surface area (Å²) in [5, 5.41) is 3.19. The maximum absolute atomic E-state index is 4.28. The second-order valence-electron chi connectivity index (χ2n) is 2.43. The number of rotatable bonds is 0. The molecule has 1 N–H and O–H groups in total. The minimum atomic E-state index is 0.411. The molecule has 2 nitrogen and oxygen atoms in total. The van der Waals surface area contributed by atoms with Gasteiger partial charge >= 0.3 is 0 Å². The van der Waals surface area contributed by atoms with Gasteiger partial charge in [-0.3, -0.25) is 4.99 Å². The van der Waals surface area contributed by atoms with E-state index < -0.39 is 0 Å². The van der Waals surface area contributed by atoms with Crippen LogP contribution in [-0.2, 0) is 0 Å². The van der Waals surface area contributed by atoms with Gasteiger partial charge < -0.3 is 5.32 Å². The molecular formula is C11H24N2. The summed E-state index contributed by atoms with van der Waals surface area (Å²) >= 11 is 0. The van der Waals surface area contributed by atoms with Crippen LogP contribution in [0.4, 0.5) is 0 Å². The van der Waals surface area contributed by atoms with Gasteiger partial charge in [-0.25, -0.2) is 0 Å². The summed E-state index contributed by atoms with van der Waals surface area (Å²) < 4.78 is 0. The first-order valence-corrected chi connectivity index (χ1v) is 5.18. The van der Waals surface area contributed by atoms with E-state index in [0.29, 0.717) is 6.04 Å². The van der Waals surface area contributed by atoms with Gasteiger partial charge in [-0.05, 0) is 20.8 Å². The zero-order chi connectivity index (χ0) is 10.9. The lowest BCUT2D eigenvalue weighted by molar-refractivity contribution is 0.775.